The number of hydrogen-bond acceptors (Lipinski definition) is 2. The predicted molar refractivity (Wildman–Crippen MR) is 72.2 cm³/mol. The van der Waals surface area contributed by atoms with E-state index in [0.29, 0.717) is 0 Å². The van der Waals surface area contributed by atoms with E-state index in [4.69, 9.17) is 0 Å². The molecule has 16 heavy (non-hydrogen) atoms. The van der Waals surface area contributed by atoms with Gasteiger partial charge in [-0.3, -0.25) is 4.79 Å². The van der Waals surface area contributed by atoms with Crippen molar-refractivity contribution >= 4 is 34.1 Å². The fourth-order valence-corrected chi connectivity index (χ4v) is 2.67. The van der Waals surface area contributed by atoms with Crippen molar-refractivity contribution in [2.24, 2.45) is 0 Å². The standard InChI is InChI=1S/C14H14OS/c1-3-4-7-11-10(2)16-13-9-6-5-8-12(13)14(11)15/h5-9H,2-4H2,1H3/b11-7+. The summed E-state index contributed by atoms with van der Waals surface area (Å²) >= 11 is 1.59. The smallest absolute Gasteiger partial charge is 0.195 e. The van der Waals surface area contributed by atoms with E-state index in [2.05, 4.69) is 13.5 Å². The molecule has 2 aromatic rings. The molecule has 2 rings (SSSR count). The average Bonchev–Trinajstić information content (AvgIpc) is 2.29. The van der Waals surface area contributed by atoms with Gasteiger partial charge in [0.05, 0.1) is 0 Å². The van der Waals surface area contributed by atoms with Crippen LogP contribution in [0.15, 0.2) is 29.1 Å². The summed E-state index contributed by atoms with van der Waals surface area (Å²) in [5.74, 6) is 0. The van der Waals surface area contributed by atoms with Gasteiger partial charge in [-0.1, -0.05) is 38.1 Å². The normalized spacial score (nSPS) is 12.2. The van der Waals surface area contributed by atoms with Gasteiger partial charge in [-0.05, 0) is 18.6 Å². The maximum atomic E-state index is 12.2. The Morgan fingerprint density at radius 1 is 1.38 bits per heavy atom. The third kappa shape index (κ3) is 1.93. The fraction of sp³-hybridized carbons (Fsp3) is 0.214. The topological polar surface area (TPSA) is 17.1 Å². The zero-order valence-electron chi connectivity index (χ0n) is 9.32. The van der Waals surface area contributed by atoms with E-state index >= 15 is 0 Å². The molecule has 0 unspecified atom stereocenters. The highest BCUT2D eigenvalue weighted by Crippen LogP contribution is 2.09. The van der Waals surface area contributed by atoms with Crippen molar-refractivity contribution < 1.29 is 0 Å². The first-order chi connectivity index (χ1) is 7.74. The monoisotopic (exact) mass is 230 g/mol. The summed E-state index contributed by atoms with van der Waals surface area (Å²) < 4.78 is 1.89. The first-order valence-electron chi connectivity index (χ1n) is 5.45. The molecule has 0 aliphatic heterocycles. The summed E-state index contributed by atoms with van der Waals surface area (Å²) in [6.45, 7) is 6.08. The molecule has 1 aromatic carbocycles. The second kappa shape index (κ2) is 4.62. The molecule has 0 bridgehead atoms. The van der Waals surface area contributed by atoms with Gasteiger partial charge < -0.3 is 0 Å². The van der Waals surface area contributed by atoms with Crippen LogP contribution in [0.1, 0.15) is 19.8 Å². The van der Waals surface area contributed by atoms with E-state index in [1.807, 2.05) is 30.3 Å². The van der Waals surface area contributed by atoms with Crippen LogP contribution in [0.25, 0.3) is 22.7 Å². The van der Waals surface area contributed by atoms with E-state index in [1.54, 1.807) is 11.3 Å². The molecular weight excluding hydrogens is 216 g/mol. The van der Waals surface area contributed by atoms with Crippen LogP contribution in [0, 0.1) is 0 Å². The van der Waals surface area contributed by atoms with Gasteiger partial charge in [-0.15, -0.1) is 11.3 Å². The summed E-state index contributed by atoms with van der Waals surface area (Å²) in [6.07, 6.45) is 3.99. The van der Waals surface area contributed by atoms with Crippen molar-refractivity contribution in [2.75, 3.05) is 0 Å². The van der Waals surface area contributed by atoms with Crippen molar-refractivity contribution in [3.05, 3.63) is 44.2 Å². The van der Waals surface area contributed by atoms with Gasteiger partial charge in [-0.25, -0.2) is 0 Å². The molecule has 0 fully saturated rings. The summed E-state index contributed by atoms with van der Waals surface area (Å²) in [5, 5.41) is 1.59. The summed E-state index contributed by atoms with van der Waals surface area (Å²) in [5.41, 5.74) is 0.118. The van der Waals surface area contributed by atoms with Gasteiger partial charge in [0.15, 0.2) is 5.43 Å². The van der Waals surface area contributed by atoms with Crippen LogP contribution < -0.4 is 15.2 Å². The molecule has 0 aliphatic carbocycles. The minimum absolute atomic E-state index is 0.118. The number of fused-ring (bicyclic) bond motifs is 1. The highest BCUT2D eigenvalue weighted by molar-refractivity contribution is 7.16. The average molecular weight is 230 g/mol. The molecule has 1 heterocycles. The molecule has 1 aromatic heterocycles. The molecule has 0 atom stereocenters. The Labute approximate surface area is 98.4 Å². The van der Waals surface area contributed by atoms with E-state index in [1.165, 1.54) is 0 Å². The predicted octanol–water partition coefficient (Wildman–Crippen LogP) is 2.25. The van der Waals surface area contributed by atoms with Crippen LogP contribution >= 0.6 is 11.3 Å². The Bertz CT molecular complexity index is 667. The molecule has 1 nitrogen and oxygen atoms in total. The summed E-state index contributed by atoms with van der Waals surface area (Å²) in [7, 11) is 0. The Morgan fingerprint density at radius 3 is 2.88 bits per heavy atom. The van der Waals surface area contributed by atoms with Gasteiger partial charge in [0, 0.05) is 19.8 Å². The number of benzene rings is 1. The van der Waals surface area contributed by atoms with E-state index in [-0.39, 0.29) is 5.43 Å². The van der Waals surface area contributed by atoms with E-state index < -0.39 is 0 Å². The fourth-order valence-electron chi connectivity index (χ4n) is 1.70. The van der Waals surface area contributed by atoms with Gasteiger partial charge >= 0.3 is 0 Å². The second-order valence-electron chi connectivity index (χ2n) is 3.76. The van der Waals surface area contributed by atoms with Crippen molar-refractivity contribution in [3.8, 4) is 0 Å². The van der Waals surface area contributed by atoms with E-state index in [0.717, 1.165) is 32.7 Å². The third-order valence-electron chi connectivity index (χ3n) is 2.55. The highest BCUT2D eigenvalue weighted by Gasteiger charge is 2.00. The van der Waals surface area contributed by atoms with Gasteiger partial charge in [0.25, 0.3) is 0 Å². The lowest BCUT2D eigenvalue weighted by atomic mass is 10.2. The molecule has 0 saturated heterocycles. The van der Waals surface area contributed by atoms with Gasteiger partial charge in [0.1, 0.15) is 0 Å². The Hall–Kier alpha value is -1.41. The van der Waals surface area contributed by atoms with Crippen molar-refractivity contribution in [1.29, 1.82) is 0 Å². The van der Waals surface area contributed by atoms with Crippen LogP contribution in [0.5, 0.6) is 0 Å². The van der Waals surface area contributed by atoms with Crippen LogP contribution in [0.3, 0.4) is 0 Å². The first-order valence-corrected chi connectivity index (χ1v) is 6.26. The van der Waals surface area contributed by atoms with Gasteiger partial charge in [-0.2, -0.15) is 0 Å². The van der Waals surface area contributed by atoms with Crippen molar-refractivity contribution in [1.82, 2.24) is 0 Å². The molecule has 0 spiro atoms. The van der Waals surface area contributed by atoms with Crippen LogP contribution in [0.2, 0.25) is 0 Å². The molecule has 0 aliphatic rings. The number of unbranched alkanes of at least 4 members (excludes halogenated alkanes) is 1. The third-order valence-corrected chi connectivity index (χ3v) is 3.59. The zero-order valence-corrected chi connectivity index (χ0v) is 10.1. The largest absolute Gasteiger partial charge is 0.289 e. The minimum Gasteiger partial charge on any atom is -0.289 e. The summed E-state index contributed by atoms with van der Waals surface area (Å²) in [4.78, 5) is 12.2. The van der Waals surface area contributed by atoms with Gasteiger partial charge in [0.2, 0.25) is 0 Å². The molecular formula is C14H14OS. The molecule has 0 radical (unpaired) electrons. The number of hydrogen-bond donors (Lipinski definition) is 0. The SMILES string of the molecule is C=c1sc2ccccc2c(=O)/c1=C/CCC. The molecule has 82 valence electrons. The van der Waals surface area contributed by atoms with E-state index in [9.17, 15) is 4.79 Å². The van der Waals surface area contributed by atoms with Crippen molar-refractivity contribution in [2.45, 2.75) is 19.8 Å². The molecule has 0 N–H and O–H groups in total. The Balaban J connectivity index is 2.87. The molecule has 0 saturated carbocycles. The lowest BCUT2D eigenvalue weighted by Gasteiger charge is -1.96. The lowest BCUT2D eigenvalue weighted by Crippen LogP contribution is -2.36. The van der Waals surface area contributed by atoms with Crippen LogP contribution in [-0.2, 0) is 0 Å². The van der Waals surface area contributed by atoms with Crippen LogP contribution in [-0.4, -0.2) is 0 Å². The zero-order chi connectivity index (χ0) is 11.5. The maximum Gasteiger partial charge on any atom is 0.195 e. The Kier molecular flexibility index (Phi) is 3.20. The quantitative estimate of drug-likeness (QED) is 0.773. The number of rotatable bonds is 2. The lowest BCUT2D eigenvalue weighted by molar-refractivity contribution is 0.991. The Morgan fingerprint density at radius 2 is 2.12 bits per heavy atom. The van der Waals surface area contributed by atoms with Crippen LogP contribution in [0.4, 0.5) is 0 Å². The second-order valence-corrected chi connectivity index (χ2v) is 4.89. The molecule has 0 amide bonds. The highest BCUT2D eigenvalue weighted by atomic mass is 32.1. The first kappa shape index (κ1) is 11.1. The summed E-state index contributed by atoms with van der Waals surface area (Å²) in [6, 6.07) is 7.71. The molecule has 2 heteroatoms. The minimum atomic E-state index is 0.118. The van der Waals surface area contributed by atoms with Crippen molar-refractivity contribution in [3.63, 3.8) is 0 Å². The maximum absolute atomic E-state index is 12.2.